The lowest BCUT2D eigenvalue weighted by molar-refractivity contribution is 1.05. The third kappa shape index (κ3) is 1.82. The summed E-state index contributed by atoms with van der Waals surface area (Å²) in [6, 6.07) is 4.08. The first-order valence-electron chi connectivity index (χ1n) is 4.84. The van der Waals surface area contributed by atoms with E-state index in [0.29, 0.717) is 0 Å². The quantitative estimate of drug-likeness (QED) is 0.651. The first-order chi connectivity index (χ1) is 6.90. The lowest BCUT2D eigenvalue weighted by Gasteiger charge is -2.10. The van der Waals surface area contributed by atoms with Gasteiger partial charge < -0.3 is 0 Å². The molecular formula is C13H13N. The van der Waals surface area contributed by atoms with E-state index in [9.17, 15) is 0 Å². The van der Waals surface area contributed by atoms with Gasteiger partial charge in [-0.3, -0.25) is 4.98 Å². The molecule has 1 heteroatoms. The van der Waals surface area contributed by atoms with Crippen molar-refractivity contribution in [3.8, 4) is 0 Å². The highest BCUT2D eigenvalue weighted by Gasteiger charge is 2.06. The maximum absolute atomic E-state index is 4.36. The molecule has 70 valence electrons. The Bertz CT molecular complexity index is 411. The third-order valence-electron chi connectivity index (χ3n) is 2.28. The average molecular weight is 183 g/mol. The first-order valence-corrected chi connectivity index (χ1v) is 4.84. The largest absolute Gasteiger partial charge is 0.260 e. The van der Waals surface area contributed by atoms with Crippen LogP contribution in [0.1, 0.15) is 18.2 Å². The Hall–Kier alpha value is -1.63. The second-order valence-electron chi connectivity index (χ2n) is 3.32. The summed E-state index contributed by atoms with van der Waals surface area (Å²) in [6.07, 6.45) is 13.3. The van der Waals surface area contributed by atoms with Gasteiger partial charge in [-0.05, 0) is 24.1 Å². The summed E-state index contributed by atoms with van der Waals surface area (Å²) in [5.74, 6) is 0. The molecule has 0 radical (unpaired) electrons. The molecule has 0 aliphatic heterocycles. The normalized spacial score (nSPS) is 17.6. The number of allylic oxidation sites excluding steroid dienone is 5. The Morgan fingerprint density at radius 2 is 2.29 bits per heavy atom. The zero-order valence-corrected chi connectivity index (χ0v) is 8.27. The number of hydrogen-bond acceptors (Lipinski definition) is 1. The Labute approximate surface area is 84.5 Å². The highest BCUT2D eigenvalue weighted by molar-refractivity contribution is 5.60. The van der Waals surface area contributed by atoms with Crippen LogP contribution in [0.2, 0.25) is 0 Å². The van der Waals surface area contributed by atoms with E-state index in [1.165, 1.54) is 16.8 Å². The van der Waals surface area contributed by atoms with Gasteiger partial charge in [-0.15, -0.1) is 0 Å². The van der Waals surface area contributed by atoms with Crippen LogP contribution in [0.25, 0.3) is 6.08 Å². The fraction of sp³-hybridized carbons (Fsp3) is 0.154. The number of pyridine rings is 1. The summed E-state index contributed by atoms with van der Waals surface area (Å²) in [7, 11) is 0. The summed E-state index contributed by atoms with van der Waals surface area (Å²) in [5.41, 5.74) is 3.73. The van der Waals surface area contributed by atoms with E-state index in [1.807, 2.05) is 25.3 Å². The lowest BCUT2D eigenvalue weighted by atomic mass is 9.98. The second-order valence-corrected chi connectivity index (χ2v) is 3.32. The molecule has 0 fully saturated rings. The molecule has 0 N–H and O–H groups in total. The minimum atomic E-state index is 0.941. The molecule has 0 bridgehead atoms. The predicted octanol–water partition coefficient (Wildman–Crippen LogP) is 3.15. The Morgan fingerprint density at radius 3 is 3.14 bits per heavy atom. The number of nitrogens with zero attached hydrogens (tertiary/aromatic N) is 1. The van der Waals surface area contributed by atoms with Crippen LogP contribution in [0.5, 0.6) is 0 Å². The molecule has 1 aliphatic carbocycles. The fourth-order valence-electron chi connectivity index (χ4n) is 1.53. The van der Waals surface area contributed by atoms with Gasteiger partial charge in [0, 0.05) is 12.6 Å². The lowest BCUT2D eigenvalue weighted by Crippen LogP contribution is -1.99. The number of aromatic nitrogens is 1. The first kappa shape index (κ1) is 8.95. The molecule has 0 atom stereocenters. The van der Waals surface area contributed by atoms with Gasteiger partial charge in [-0.25, -0.2) is 0 Å². The van der Waals surface area contributed by atoms with Gasteiger partial charge in [0.05, 0.1) is 5.69 Å². The minimum Gasteiger partial charge on any atom is -0.260 e. The van der Waals surface area contributed by atoms with Crippen molar-refractivity contribution >= 4 is 6.08 Å². The molecule has 2 rings (SSSR count). The van der Waals surface area contributed by atoms with Gasteiger partial charge in [-0.1, -0.05) is 36.4 Å². The minimum absolute atomic E-state index is 0.941. The molecule has 0 unspecified atom stereocenters. The van der Waals surface area contributed by atoms with E-state index < -0.39 is 0 Å². The summed E-state index contributed by atoms with van der Waals surface area (Å²) in [4.78, 5) is 4.36. The van der Waals surface area contributed by atoms with Gasteiger partial charge >= 0.3 is 0 Å². The smallest absolute Gasteiger partial charge is 0.0519 e. The average Bonchev–Trinajstić information content (AvgIpc) is 2.26. The van der Waals surface area contributed by atoms with Crippen molar-refractivity contribution in [1.82, 2.24) is 4.98 Å². The third-order valence-corrected chi connectivity index (χ3v) is 2.28. The van der Waals surface area contributed by atoms with Gasteiger partial charge in [0.15, 0.2) is 0 Å². The van der Waals surface area contributed by atoms with Crippen LogP contribution in [-0.2, 0) is 6.42 Å². The number of rotatable bonds is 1. The molecule has 1 aromatic heterocycles. The van der Waals surface area contributed by atoms with Crippen molar-refractivity contribution in [2.24, 2.45) is 0 Å². The molecule has 0 saturated carbocycles. The highest BCUT2D eigenvalue weighted by atomic mass is 14.7. The van der Waals surface area contributed by atoms with Crippen LogP contribution in [0.3, 0.4) is 0 Å². The molecule has 0 aromatic carbocycles. The van der Waals surface area contributed by atoms with Crippen LogP contribution >= 0.6 is 0 Å². The number of hydrogen-bond donors (Lipinski definition) is 0. The van der Waals surface area contributed by atoms with Crippen LogP contribution in [0.15, 0.2) is 48.2 Å². The maximum Gasteiger partial charge on any atom is 0.0519 e. The van der Waals surface area contributed by atoms with E-state index in [1.54, 1.807) is 0 Å². The van der Waals surface area contributed by atoms with Crippen LogP contribution in [-0.4, -0.2) is 4.98 Å². The van der Waals surface area contributed by atoms with Gasteiger partial charge in [-0.2, -0.15) is 0 Å². The molecule has 0 amide bonds. The molecule has 1 nitrogen and oxygen atoms in total. The van der Waals surface area contributed by atoms with E-state index in [4.69, 9.17) is 0 Å². The standard InChI is InChI=1S/C13H13N/c1-2-3-5-11-7-8-12-6-4-9-14-13(12)10-11/h2-9H,10H2,1H3/b3-2-,11-5-. The van der Waals surface area contributed by atoms with Crippen LogP contribution in [0.4, 0.5) is 0 Å². The van der Waals surface area contributed by atoms with Crippen molar-refractivity contribution < 1.29 is 0 Å². The maximum atomic E-state index is 4.36. The Morgan fingerprint density at radius 1 is 1.36 bits per heavy atom. The van der Waals surface area contributed by atoms with E-state index in [2.05, 4.69) is 35.4 Å². The van der Waals surface area contributed by atoms with Crippen molar-refractivity contribution in [1.29, 1.82) is 0 Å². The van der Waals surface area contributed by atoms with Gasteiger partial charge in [0.25, 0.3) is 0 Å². The SMILES string of the molecule is C/C=C\C=C1\C=Cc2cccnc2C1. The van der Waals surface area contributed by atoms with Crippen LogP contribution < -0.4 is 0 Å². The summed E-state index contributed by atoms with van der Waals surface area (Å²) in [5, 5.41) is 0. The van der Waals surface area contributed by atoms with E-state index >= 15 is 0 Å². The zero-order valence-electron chi connectivity index (χ0n) is 8.27. The number of fused-ring (bicyclic) bond motifs is 1. The topological polar surface area (TPSA) is 12.9 Å². The highest BCUT2D eigenvalue weighted by Crippen LogP contribution is 2.19. The van der Waals surface area contributed by atoms with Crippen molar-refractivity contribution in [2.75, 3.05) is 0 Å². The van der Waals surface area contributed by atoms with Gasteiger partial charge in [0.2, 0.25) is 0 Å². The fourth-order valence-corrected chi connectivity index (χ4v) is 1.53. The van der Waals surface area contributed by atoms with E-state index in [0.717, 1.165) is 6.42 Å². The molecule has 1 heterocycles. The van der Waals surface area contributed by atoms with Crippen LogP contribution in [0, 0.1) is 0 Å². The van der Waals surface area contributed by atoms with Crippen molar-refractivity contribution in [2.45, 2.75) is 13.3 Å². The van der Waals surface area contributed by atoms with Crippen molar-refractivity contribution in [3.63, 3.8) is 0 Å². The predicted molar refractivity (Wildman–Crippen MR) is 59.9 cm³/mol. The van der Waals surface area contributed by atoms with E-state index in [-0.39, 0.29) is 0 Å². The molecular weight excluding hydrogens is 170 g/mol. The monoisotopic (exact) mass is 183 g/mol. The summed E-state index contributed by atoms with van der Waals surface area (Å²) < 4.78 is 0. The Kier molecular flexibility index (Phi) is 2.59. The second kappa shape index (κ2) is 4.05. The molecule has 0 spiro atoms. The zero-order chi connectivity index (χ0) is 9.80. The van der Waals surface area contributed by atoms with Gasteiger partial charge in [0.1, 0.15) is 0 Å². The summed E-state index contributed by atoms with van der Waals surface area (Å²) >= 11 is 0. The van der Waals surface area contributed by atoms with Crippen molar-refractivity contribution in [3.05, 3.63) is 59.5 Å². The molecule has 0 saturated heterocycles. The molecule has 14 heavy (non-hydrogen) atoms. The Balaban J connectivity index is 2.30. The summed E-state index contributed by atoms with van der Waals surface area (Å²) in [6.45, 7) is 2.02. The molecule has 1 aromatic rings. The molecule has 1 aliphatic rings.